The van der Waals surface area contributed by atoms with Crippen LogP contribution in [0.1, 0.15) is 36.1 Å². The van der Waals surface area contributed by atoms with Crippen LogP contribution < -0.4 is 5.32 Å². The van der Waals surface area contributed by atoms with Crippen molar-refractivity contribution in [3.05, 3.63) is 34.4 Å². The Bertz CT molecular complexity index is 383. The van der Waals surface area contributed by atoms with E-state index in [2.05, 4.69) is 38.2 Å². The van der Waals surface area contributed by atoms with Crippen molar-refractivity contribution in [2.45, 2.75) is 46.6 Å². The summed E-state index contributed by atoms with van der Waals surface area (Å²) in [5, 5.41) is 12.5. The van der Waals surface area contributed by atoms with Crippen LogP contribution in [0, 0.1) is 20.8 Å². The quantitative estimate of drug-likeness (QED) is 0.822. The molecular weight excluding hydrogens is 210 g/mol. The topological polar surface area (TPSA) is 32.3 Å². The molecule has 0 atom stereocenters. The molecule has 2 nitrogen and oxygen atoms in total. The lowest BCUT2D eigenvalue weighted by molar-refractivity contribution is 0.189. The van der Waals surface area contributed by atoms with Crippen molar-refractivity contribution in [1.82, 2.24) is 5.32 Å². The maximum atomic E-state index is 9.16. The number of nitrogens with one attached hydrogen (secondary N) is 1. The predicted molar refractivity (Wildman–Crippen MR) is 73.5 cm³/mol. The lowest BCUT2D eigenvalue weighted by Crippen LogP contribution is -2.43. The summed E-state index contributed by atoms with van der Waals surface area (Å²) < 4.78 is 0. The number of benzene rings is 1. The average molecular weight is 235 g/mol. The van der Waals surface area contributed by atoms with Gasteiger partial charge in [0, 0.05) is 5.54 Å². The van der Waals surface area contributed by atoms with Crippen LogP contribution in [0.3, 0.4) is 0 Å². The first kappa shape index (κ1) is 14.2. The van der Waals surface area contributed by atoms with Gasteiger partial charge in [-0.05, 0) is 69.8 Å². The van der Waals surface area contributed by atoms with Crippen LogP contribution in [-0.2, 0) is 6.42 Å². The van der Waals surface area contributed by atoms with E-state index in [-0.39, 0.29) is 12.1 Å². The standard InChI is InChI=1S/C15H25NO/c1-11-6-7-14(13(3)12(11)2)8-9-16-15(4,5)10-17/h6-7,16-17H,8-10H2,1-5H3. The van der Waals surface area contributed by atoms with Crippen molar-refractivity contribution in [3.63, 3.8) is 0 Å². The fourth-order valence-corrected chi connectivity index (χ4v) is 1.87. The number of aryl methyl sites for hydroxylation is 1. The first-order valence-corrected chi connectivity index (χ1v) is 6.29. The molecule has 0 aliphatic heterocycles. The van der Waals surface area contributed by atoms with E-state index in [0.29, 0.717) is 0 Å². The summed E-state index contributed by atoms with van der Waals surface area (Å²) in [4.78, 5) is 0. The first-order chi connectivity index (χ1) is 7.87. The molecule has 0 aliphatic rings. The Morgan fingerprint density at radius 2 is 1.76 bits per heavy atom. The zero-order valence-corrected chi connectivity index (χ0v) is 11.7. The molecule has 1 rings (SSSR count). The van der Waals surface area contributed by atoms with Gasteiger partial charge < -0.3 is 10.4 Å². The second kappa shape index (κ2) is 5.65. The first-order valence-electron chi connectivity index (χ1n) is 6.29. The molecule has 0 amide bonds. The summed E-state index contributed by atoms with van der Waals surface area (Å²) in [6, 6.07) is 4.40. The van der Waals surface area contributed by atoms with Crippen LogP contribution in [-0.4, -0.2) is 23.8 Å². The van der Waals surface area contributed by atoms with Gasteiger partial charge in [0.1, 0.15) is 0 Å². The molecule has 0 fully saturated rings. The third kappa shape index (κ3) is 3.83. The van der Waals surface area contributed by atoms with Gasteiger partial charge in [0.15, 0.2) is 0 Å². The lowest BCUT2D eigenvalue weighted by Gasteiger charge is -2.24. The van der Waals surface area contributed by atoms with E-state index in [1.807, 2.05) is 13.8 Å². The number of aliphatic hydroxyl groups excluding tert-OH is 1. The van der Waals surface area contributed by atoms with E-state index < -0.39 is 0 Å². The van der Waals surface area contributed by atoms with E-state index in [1.54, 1.807) is 0 Å². The molecule has 0 aliphatic carbocycles. The maximum absolute atomic E-state index is 9.16. The lowest BCUT2D eigenvalue weighted by atomic mass is 9.96. The van der Waals surface area contributed by atoms with Gasteiger partial charge in [0.25, 0.3) is 0 Å². The molecule has 0 spiro atoms. The minimum Gasteiger partial charge on any atom is -0.394 e. The van der Waals surface area contributed by atoms with Crippen LogP contribution in [0.4, 0.5) is 0 Å². The Kier molecular flexibility index (Phi) is 4.72. The highest BCUT2D eigenvalue weighted by atomic mass is 16.3. The smallest absolute Gasteiger partial charge is 0.0607 e. The highest BCUT2D eigenvalue weighted by Gasteiger charge is 2.14. The molecular formula is C15H25NO. The van der Waals surface area contributed by atoms with Crippen LogP contribution in [0.5, 0.6) is 0 Å². The highest BCUT2D eigenvalue weighted by Crippen LogP contribution is 2.17. The average Bonchev–Trinajstić information content (AvgIpc) is 2.29. The molecule has 2 N–H and O–H groups in total. The van der Waals surface area contributed by atoms with Crippen molar-refractivity contribution in [3.8, 4) is 0 Å². The molecule has 96 valence electrons. The van der Waals surface area contributed by atoms with Gasteiger partial charge in [-0.25, -0.2) is 0 Å². The second-order valence-corrected chi connectivity index (χ2v) is 5.51. The fraction of sp³-hybridized carbons (Fsp3) is 0.600. The van der Waals surface area contributed by atoms with E-state index in [4.69, 9.17) is 5.11 Å². The summed E-state index contributed by atoms with van der Waals surface area (Å²) in [7, 11) is 0. The molecule has 17 heavy (non-hydrogen) atoms. The number of rotatable bonds is 5. The predicted octanol–water partition coefficient (Wildman–Crippen LogP) is 2.51. The SMILES string of the molecule is Cc1ccc(CCNC(C)(C)CO)c(C)c1C. The number of hydrogen-bond acceptors (Lipinski definition) is 2. The summed E-state index contributed by atoms with van der Waals surface area (Å²) in [5.74, 6) is 0. The van der Waals surface area contributed by atoms with Gasteiger partial charge in [-0.2, -0.15) is 0 Å². The van der Waals surface area contributed by atoms with Crippen molar-refractivity contribution in [2.24, 2.45) is 0 Å². The third-order valence-corrected chi connectivity index (χ3v) is 3.56. The summed E-state index contributed by atoms with van der Waals surface area (Å²) in [6.45, 7) is 11.6. The summed E-state index contributed by atoms with van der Waals surface area (Å²) in [6.07, 6.45) is 1.01. The van der Waals surface area contributed by atoms with Crippen molar-refractivity contribution in [1.29, 1.82) is 0 Å². The Morgan fingerprint density at radius 3 is 2.35 bits per heavy atom. The monoisotopic (exact) mass is 235 g/mol. The summed E-state index contributed by atoms with van der Waals surface area (Å²) in [5.41, 5.74) is 5.36. The van der Waals surface area contributed by atoms with Crippen LogP contribution in [0.2, 0.25) is 0 Å². The number of aliphatic hydroxyl groups is 1. The van der Waals surface area contributed by atoms with Crippen molar-refractivity contribution < 1.29 is 5.11 Å². The minimum atomic E-state index is -0.187. The Labute approximate surface area is 105 Å². The highest BCUT2D eigenvalue weighted by molar-refractivity contribution is 5.38. The van der Waals surface area contributed by atoms with Crippen LogP contribution >= 0.6 is 0 Å². The van der Waals surface area contributed by atoms with Gasteiger partial charge >= 0.3 is 0 Å². The Hall–Kier alpha value is -0.860. The van der Waals surface area contributed by atoms with Gasteiger partial charge in [0.05, 0.1) is 6.61 Å². The molecule has 0 aromatic heterocycles. The van der Waals surface area contributed by atoms with Crippen LogP contribution in [0.25, 0.3) is 0 Å². The maximum Gasteiger partial charge on any atom is 0.0607 e. The van der Waals surface area contributed by atoms with Gasteiger partial charge in [0.2, 0.25) is 0 Å². The van der Waals surface area contributed by atoms with Gasteiger partial charge in [-0.1, -0.05) is 12.1 Å². The fourth-order valence-electron chi connectivity index (χ4n) is 1.87. The molecule has 0 saturated carbocycles. The van der Waals surface area contributed by atoms with E-state index in [1.165, 1.54) is 22.3 Å². The molecule has 2 heteroatoms. The Balaban J connectivity index is 2.62. The summed E-state index contributed by atoms with van der Waals surface area (Å²) >= 11 is 0. The molecule has 1 aromatic carbocycles. The normalized spacial score (nSPS) is 11.9. The molecule has 0 heterocycles. The zero-order valence-electron chi connectivity index (χ0n) is 11.7. The van der Waals surface area contributed by atoms with E-state index >= 15 is 0 Å². The second-order valence-electron chi connectivity index (χ2n) is 5.51. The third-order valence-electron chi connectivity index (χ3n) is 3.56. The zero-order chi connectivity index (χ0) is 13.1. The van der Waals surface area contributed by atoms with Gasteiger partial charge in [-0.15, -0.1) is 0 Å². The van der Waals surface area contributed by atoms with Crippen molar-refractivity contribution in [2.75, 3.05) is 13.2 Å². The molecule has 0 radical (unpaired) electrons. The van der Waals surface area contributed by atoms with Gasteiger partial charge in [-0.3, -0.25) is 0 Å². The molecule has 0 unspecified atom stereocenters. The van der Waals surface area contributed by atoms with E-state index in [9.17, 15) is 0 Å². The minimum absolute atomic E-state index is 0.166. The molecule has 0 saturated heterocycles. The van der Waals surface area contributed by atoms with Crippen LogP contribution in [0.15, 0.2) is 12.1 Å². The molecule has 0 bridgehead atoms. The number of hydrogen-bond donors (Lipinski definition) is 2. The van der Waals surface area contributed by atoms with E-state index in [0.717, 1.165) is 13.0 Å². The van der Waals surface area contributed by atoms with Crippen molar-refractivity contribution >= 4 is 0 Å². The Morgan fingerprint density at radius 1 is 1.12 bits per heavy atom. The largest absolute Gasteiger partial charge is 0.394 e. The molecule has 1 aromatic rings.